The van der Waals surface area contributed by atoms with Crippen molar-refractivity contribution in [1.82, 2.24) is 10.6 Å². The van der Waals surface area contributed by atoms with E-state index in [1.54, 1.807) is 0 Å². The fourth-order valence-corrected chi connectivity index (χ4v) is 3.76. The van der Waals surface area contributed by atoms with E-state index in [1.165, 1.54) is 11.1 Å². The van der Waals surface area contributed by atoms with Crippen LogP contribution in [-0.2, 0) is 19.4 Å². The maximum absolute atomic E-state index is 6.13. The first-order chi connectivity index (χ1) is 15.6. The minimum Gasteiger partial charge on any atom is -0.314 e. The van der Waals surface area contributed by atoms with Crippen molar-refractivity contribution in [3.05, 3.63) is 107 Å². The van der Waals surface area contributed by atoms with Gasteiger partial charge in [0, 0.05) is 29.5 Å². The van der Waals surface area contributed by atoms with Gasteiger partial charge in [-0.2, -0.15) is 0 Å². The van der Waals surface area contributed by atoms with Crippen molar-refractivity contribution in [3.8, 4) is 0 Å². The van der Waals surface area contributed by atoms with Crippen molar-refractivity contribution in [2.24, 2.45) is 0 Å². The molecule has 4 heteroatoms. The summed E-state index contributed by atoms with van der Waals surface area (Å²) in [6.45, 7) is 6.23. The van der Waals surface area contributed by atoms with Gasteiger partial charge in [0.15, 0.2) is 0 Å². The fourth-order valence-electron chi connectivity index (χ4n) is 3.42. The van der Waals surface area contributed by atoms with Gasteiger partial charge in [-0.05, 0) is 62.4 Å². The van der Waals surface area contributed by atoms with Crippen molar-refractivity contribution >= 4 is 23.2 Å². The van der Waals surface area contributed by atoms with E-state index in [0.29, 0.717) is 12.1 Å². The summed E-state index contributed by atoms with van der Waals surface area (Å²) in [6.07, 6.45) is 3.16. The Hall–Kier alpha value is -1.84. The first kappa shape index (κ1) is 26.4. The Labute approximate surface area is 204 Å². The van der Waals surface area contributed by atoms with Gasteiger partial charge < -0.3 is 10.6 Å². The lowest BCUT2D eigenvalue weighted by atomic mass is 10.1. The Morgan fingerprint density at radius 2 is 1.19 bits per heavy atom. The molecule has 0 aliphatic heterocycles. The second-order valence-corrected chi connectivity index (χ2v) is 8.94. The SMILES string of the molecule is CC(Cc1ccccc1)NCCCCl.CC(Cc1ccccc1)NCc1ccccc1Cl. The van der Waals surface area contributed by atoms with Crippen LogP contribution in [0.25, 0.3) is 0 Å². The molecule has 0 spiro atoms. The molecular formula is C28H36Cl2N2. The molecule has 0 amide bonds. The van der Waals surface area contributed by atoms with Crippen molar-refractivity contribution < 1.29 is 0 Å². The molecule has 32 heavy (non-hydrogen) atoms. The quantitative estimate of drug-likeness (QED) is 0.235. The third-order valence-electron chi connectivity index (χ3n) is 5.17. The summed E-state index contributed by atoms with van der Waals surface area (Å²) in [5.74, 6) is 0.741. The molecule has 3 rings (SSSR count). The maximum Gasteiger partial charge on any atom is 0.0450 e. The smallest absolute Gasteiger partial charge is 0.0450 e. The maximum atomic E-state index is 6.13. The molecule has 0 saturated carbocycles. The monoisotopic (exact) mass is 470 g/mol. The van der Waals surface area contributed by atoms with E-state index < -0.39 is 0 Å². The van der Waals surface area contributed by atoms with Crippen molar-refractivity contribution in [1.29, 1.82) is 0 Å². The first-order valence-corrected chi connectivity index (χ1v) is 12.3. The Morgan fingerprint density at radius 1 is 0.688 bits per heavy atom. The third-order valence-corrected chi connectivity index (χ3v) is 5.81. The summed E-state index contributed by atoms with van der Waals surface area (Å²) < 4.78 is 0. The number of benzene rings is 3. The average molecular weight is 472 g/mol. The molecule has 0 aliphatic carbocycles. The van der Waals surface area contributed by atoms with Gasteiger partial charge in [0.1, 0.15) is 0 Å². The molecule has 0 heterocycles. The zero-order valence-electron chi connectivity index (χ0n) is 19.2. The lowest BCUT2D eigenvalue weighted by molar-refractivity contribution is 0.544. The first-order valence-electron chi connectivity index (χ1n) is 11.4. The molecular weight excluding hydrogens is 435 g/mol. The van der Waals surface area contributed by atoms with Crippen molar-refractivity contribution in [2.75, 3.05) is 12.4 Å². The molecule has 3 aromatic carbocycles. The van der Waals surface area contributed by atoms with Gasteiger partial charge >= 0.3 is 0 Å². The van der Waals surface area contributed by atoms with E-state index in [0.717, 1.165) is 48.8 Å². The predicted octanol–water partition coefficient (Wildman–Crippen LogP) is 6.90. The molecule has 0 radical (unpaired) electrons. The molecule has 0 aliphatic rings. The van der Waals surface area contributed by atoms with Crippen LogP contribution in [-0.4, -0.2) is 24.5 Å². The van der Waals surface area contributed by atoms with Crippen LogP contribution < -0.4 is 10.6 Å². The summed E-state index contributed by atoms with van der Waals surface area (Å²) >= 11 is 11.7. The molecule has 2 nitrogen and oxygen atoms in total. The topological polar surface area (TPSA) is 24.1 Å². The summed E-state index contributed by atoms with van der Waals surface area (Å²) in [4.78, 5) is 0. The van der Waals surface area contributed by atoms with Crippen LogP contribution in [0.2, 0.25) is 5.02 Å². The zero-order chi connectivity index (χ0) is 23.0. The van der Waals surface area contributed by atoms with Gasteiger partial charge in [-0.1, -0.05) is 90.5 Å². The van der Waals surface area contributed by atoms with Gasteiger partial charge in [-0.3, -0.25) is 0 Å². The molecule has 0 fully saturated rings. The molecule has 2 atom stereocenters. The third kappa shape index (κ3) is 11.2. The van der Waals surface area contributed by atoms with Crippen LogP contribution in [0.15, 0.2) is 84.9 Å². The van der Waals surface area contributed by atoms with E-state index in [9.17, 15) is 0 Å². The van der Waals surface area contributed by atoms with Crippen LogP contribution in [0.3, 0.4) is 0 Å². The van der Waals surface area contributed by atoms with Crippen LogP contribution in [0.4, 0.5) is 0 Å². The highest BCUT2D eigenvalue weighted by atomic mass is 35.5. The van der Waals surface area contributed by atoms with Gasteiger partial charge in [0.2, 0.25) is 0 Å². The molecule has 0 aromatic heterocycles. The lowest BCUT2D eigenvalue weighted by Crippen LogP contribution is -2.29. The van der Waals surface area contributed by atoms with E-state index in [-0.39, 0.29) is 0 Å². The highest BCUT2D eigenvalue weighted by Crippen LogP contribution is 2.14. The molecule has 0 saturated heterocycles. The van der Waals surface area contributed by atoms with Gasteiger partial charge in [0.05, 0.1) is 0 Å². The van der Waals surface area contributed by atoms with Crippen LogP contribution in [0, 0.1) is 0 Å². The van der Waals surface area contributed by atoms with Crippen LogP contribution >= 0.6 is 23.2 Å². The highest BCUT2D eigenvalue weighted by molar-refractivity contribution is 6.31. The average Bonchev–Trinajstić information content (AvgIpc) is 2.80. The van der Waals surface area contributed by atoms with E-state index in [1.807, 2.05) is 24.3 Å². The number of alkyl halides is 1. The van der Waals surface area contributed by atoms with Crippen molar-refractivity contribution in [3.63, 3.8) is 0 Å². The molecule has 3 aromatic rings. The Morgan fingerprint density at radius 3 is 1.72 bits per heavy atom. The largest absolute Gasteiger partial charge is 0.314 e. The van der Waals surface area contributed by atoms with Crippen LogP contribution in [0.1, 0.15) is 37.0 Å². The number of hydrogen-bond donors (Lipinski definition) is 2. The predicted molar refractivity (Wildman–Crippen MR) is 141 cm³/mol. The summed E-state index contributed by atoms with van der Waals surface area (Å²) in [5, 5.41) is 7.78. The number of rotatable bonds is 11. The Kier molecular flexibility index (Phi) is 13.1. The van der Waals surface area contributed by atoms with Crippen molar-refractivity contribution in [2.45, 2.75) is 51.7 Å². The number of nitrogens with one attached hydrogen (secondary N) is 2. The van der Waals surface area contributed by atoms with Gasteiger partial charge in [0.25, 0.3) is 0 Å². The molecule has 2 unspecified atom stereocenters. The van der Waals surface area contributed by atoms with Crippen LogP contribution in [0.5, 0.6) is 0 Å². The van der Waals surface area contributed by atoms with Gasteiger partial charge in [-0.15, -0.1) is 11.6 Å². The number of hydrogen-bond acceptors (Lipinski definition) is 2. The van der Waals surface area contributed by atoms with E-state index in [4.69, 9.17) is 23.2 Å². The van der Waals surface area contributed by atoms with Gasteiger partial charge in [-0.25, -0.2) is 0 Å². The highest BCUT2D eigenvalue weighted by Gasteiger charge is 2.04. The minimum atomic E-state index is 0.434. The second kappa shape index (κ2) is 15.9. The van der Waals surface area contributed by atoms with E-state index >= 15 is 0 Å². The summed E-state index contributed by atoms with van der Waals surface area (Å²) in [5.41, 5.74) is 3.90. The fraction of sp³-hybridized carbons (Fsp3) is 0.357. The van der Waals surface area contributed by atoms with E-state index in [2.05, 4.69) is 85.1 Å². The molecule has 172 valence electrons. The molecule has 2 N–H and O–H groups in total. The minimum absolute atomic E-state index is 0.434. The number of halogens is 2. The standard InChI is InChI=1S/C16H18ClN.C12H18ClN/c1-13(11-14-7-3-2-4-8-14)18-12-15-9-5-6-10-16(15)17;1-11(14-9-5-8-13)10-12-6-3-2-4-7-12/h2-10,13,18H,11-12H2,1H3;2-4,6-7,11,14H,5,8-10H2,1H3. The second-order valence-electron chi connectivity index (χ2n) is 8.15. The zero-order valence-corrected chi connectivity index (χ0v) is 20.7. The Balaban J connectivity index is 0.000000235. The lowest BCUT2D eigenvalue weighted by Gasteiger charge is -2.14. The summed E-state index contributed by atoms with van der Waals surface area (Å²) in [6, 6.07) is 30.0. The molecule has 0 bridgehead atoms. The Bertz CT molecular complexity index is 856. The normalized spacial score (nSPS) is 12.5. The summed E-state index contributed by atoms with van der Waals surface area (Å²) in [7, 11) is 0.